The van der Waals surface area contributed by atoms with Gasteiger partial charge in [-0.25, -0.2) is 0 Å². The number of anilines is 4. The lowest BCUT2D eigenvalue weighted by Crippen LogP contribution is -2.23. The predicted octanol–water partition coefficient (Wildman–Crippen LogP) is 4.67. The number of amides is 2. The summed E-state index contributed by atoms with van der Waals surface area (Å²) < 4.78 is 0. The fourth-order valence-electron chi connectivity index (χ4n) is 2.64. The number of hydrogen-bond acceptors (Lipinski definition) is 3. The van der Waals surface area contributed by atoms with E-state index in [2.05, 4.69) is 10.6 Å². The molecule has 0 aliphatic carbocycles. The second-order valence-electron chi connectivity index (χ2n) is 6.12. The molecule has 27 heavy (non-hydrogen) atoms. The van der Waals surface area contributed by atoms with Gasteiger partial charge in [-0.1, -0.05) is 36.4 Å². The molecule has 2 N–H and O–H groups in total. The van der Waals surface area contributed by atoms with Crippen LogP contribution in [0.2, 0.25) is 0 Å². The van der Waals surface area contributed by atoms with E-state index >= 15 is 0 Å². The van der Waals surface area contributed by atoms with Crippen LogP contribution >= 0.6 is 0 Å². The zero-order chi connectivity index (χ0) is 19.2. The van der Waals surface area contributed by atoms with Gasteiger partial charge in [0.25, 0.3) is 5.91 Å². The average Bonchev–Trinajstić information content (AvgIpc) is 2.68. The van der Waals surface area contributed by atoms with Gasteiger partial charge in [0.1, 0.15) is 0 Å². The van der Waals surface area contributed by atoms with Gasteiger partial charge in [0.05, 0.1) is 11.3 Å². The molecule has 0 saturated carbocycles. The lowest BCUT2D eigenvalue weighted by molar-refractivity contribution is -0.116. The SMILES string of the molecule is CC(=O)N(C)c1cccc(NC(=O)c2ccccc2Nc2ccccc2)c1. The van der Waals surface area contributed by atoms with Crippen LogP contribution in [0.5, 0.6) is 0 Å². The Morgan fingerprint density at radius 1 is 0.815 bits per heavy atom. The van der Waals surface area contributed by atoms with Crippen molar-refractivity contribution < 1.29 is 9.59 Å². The Morgan fingerprint density at radius 2 is 1.48 bits per heavy atom. The Hall–Kier alpha value is -3.60. The molecular formula is C22H21N3O2. The van der Waals surface area contributed by atoms with Crippen LogP contribution in [0.4, 0.5) is 22.7 Å². The Morgan fingerprint density at radius 3 is 2.22 bits per heavy atom. The maximum absolute atomic E-state index is 12.8. The summed E-state index contributed by atoms with van der Waals surface area (Å²) in [6.07, 6.45) is 0. The van der Waals surface area contributed by atoms with E-state index in [0.717, 1.165) is 17.1 Å². The van der Waals surface area contributed by atoms with Crippen LogP contribution in [0.1, 0.15) is 17.3 Å². The first-order valence-corrected chi connectivity index (χ1v) is 8.61. The molecule has 0 spiro atoms. The zero-order valence-electron chi connectivity index (χ0n) is 15.3. The molecule has 0 radical (unpaired) electrons. The van der Waals surface area contributed by atoms with Gasteiger partial charge in [-0.3, -0.25) is 9.59 Å². The Balaban J connectivity index is 1.81. The lowest BCUT2D eigenvalue weighted by atomic mass is 10.1. The standard InChI is InChI=1S/C22H21N3O2/c1-16(26)25(2)19-12-8-11-18(15-19)24-22(27)20-13-6-7-14-21(20)23-17-9-4-3-5-10-17/h3-15,23H,1-2H3,(H,24,27). The van der Waals surface area contributed by atoms with Crippen molar-refractivity contribution in [2.24, 2.45) is 0 Å². The molecule has 0 aliphatic heterocycles. The van der Waals surface area contributed by atoms with E-state index in [1.807, 2.05) is 54.6 Å². The van der Waals surface area contributed by atoms with Gasteiger partial charge in [0, 0.05) is 31.0 Å². The number of para-hydroxylation sites is 2. The number of carbonyl (C=O) groups is 2. The summed E-state index contributed by atoms with van der Waals surface area (Å²) in [7, 11) is 1.70. The molecule has 2 amide bonds. The Bertz CT molecular complexity index is 955. The zero-order valence-corrected chi connectivity index (χ0v) is 15.3. The van der Waals surface area contributed by atoms with Crippen LogP contribution < -0.4 is 15.5 Å². The Labute approximate surface area is 158 Å². The largest absolute Gasteiger partial charge is 0.355 e. The minimum Gasteiger partial charge on any atom is -0.355 e. The molecule has 0 saturated heterocycles. The molecule has 3 aromatic rings. The van der Waals surface area contributed by atoms with Crippen molar-refractivity contribution in [3.8, 4) is 0 Å². The van der Waals surface area contributed by atoms with Crippen molar-refractivity contribution >= 4 is 34.6 Å². The second kappa shape index (κ2) is 8.19. The molecule has 0 unspecified atom stereocenters. The third-order valence-electron chi connectivity index (χ3n) is 4.19. The van der Waals surface area contributed by atoms with Gasteiger partial charge in [-0.05, 0) is 42.5 Å². The summed E-state index contributed by atoms with van der Waals surface area (Å²) >= 11 is 0. The number of carbonyl (C=O) groups excluding carboxylic acids is 2. The van der Waals surface area contributed by atoms with Gasteiger partial charge in [-0.15, -0.1) is 0 Å². The number of hydrogen-bond donors (Lipinski definition) is 2. The highest BCUT2D eigenvalue weighted by Crippen LogP contribution is 2.23. The van der Waals surface area contributed by atoms with E-state index in [4.69, 9.17) is 0 Å². The van der Waals surface area contributed by atoms with Crippen molar-refractivity contribution in [1.82, 2.24) is 0 Å². The fraction of sp³-hybridized carbons (Fsp3) is 0.0909. The first-order valence-electron chi connectivity index (χ1n) is 8.61. The molecule has 0 bridgehead atoms. The van der Waals surface area contributed by atoms with Crippen LogP contribution in [-0.2, 0) is 4.79 Å². The summed E-state index contributed by atoms with van der Waals surface area (Å²) in [6, 6.07) is 24.2. The van der Waals surface area contributed by atoms with E-state index in [-0.39, 0.29) is 11.8 Å². The number of benzene rings is 3. The van der Waals surface area contributed by atoms with E-state index < -0.39 is 0 Å². The van der Waals surface area contributed by atoms with Crippen molar-refractivity contribution in [3.05, 3.63) is 84.4 Å². The van der Waals surface area contributed by atoms with Crippen LogP contribution in [0, 0.1) is 0 Å². The molecule has 3 rings (SSSR count). The summed E-state index contributed by atoms with van der Waals surface area (Å²) in [5, 5.41) is 6.17. The molecule has 0 aliphatic rings. The van der Waals surface area contributed by atoms with Crippen molar-refractivity contribution in [1.29, 1.82) is 0 Å². The molecule has 0 heterocycles. The maximum atomic E-state index is 12.8. The third kappa shape index (κ3) is 4.52. The van der Waals surface area contributed by atoms with Gasteiger partial charge in [0.15, 0.2) is 0 Å². The third-order valence-corrected chi connectivity index (χ3v) is 4.19. The predicted molar refractivity (Wildman–Crippen MR) is 110 cm³/mol. The highest BCUT2D eigenvalue weighted by atomic mass is 16.2. The molecule has 0 aromatic heterocycles. The van der Waals surface area contributed by atoms with Crippen molar-refractivity contribution in [2.45, 2.75) is 6.92 Å². The minimum atomic E-state index is -0.225. The highest BCUT2D eigenvalue weighted by Gasteiger charge is 2.13. The molecule has 0 fully saturated rings. The molecule has 0 atom stereocenters. The average molecular weight is 359 g/mol. The highest BCUT2D eigenvalue weighted by molar-refractivity contribution is 6.08. The summed E-state index contributed by atoms with van der Waals surface area (Å²) in [5.41, 5.74) is 3.50. The number of nitrogens with one attached hydrogen (secondary N) is 2. The van der Waals surface area contributed by atoms with E-state index in [9.17, 15) is 9.59 Å². The van der Waals surface area contributed by atoms with Gasteiger partial charge >= 0.3 is 0 Å². The minimum absolute atomic E-state index is 0.0733. The summed E-state index contributed by atoms with van der Waals surface area (Å²) in [4.78, 5) is 25.9. The second-order valence-corrected chi connectivity index (χ2v) is 6.12. The first-order chi connectivity index (χ1) is 13.0. The van der Waals surface area contributed by atoms with E-state index in [1.165, 1.54) is 11.8 Å². The number of rotatable bonds is 5. The molecular weight excluding hydrogens is 338 g/mol. The molecule has 5 heteroatoms. The van der Waals surface area contributed by atoms with Crippen LogP contribution in [-0.4, -0.2) is 18.9 Å². The van der Waals surface area contributed by atoms with Gasteiger partial charge in [-0.2, -0.15) is 0 Å². The topological polar surface area (TPSA) is 61.4 Å². The molecule has 3 aromatic carbocycles. The first kappa shape index (κ1) is 18.2. The van der Waals surface area contributed by atoms with Gasteiger partial charge in [0.2, 0.25) is 5.91 Å². The van der Waals surface area contributed by atoms with Crippen LogP contribution in [0.25, 0.3) is 0 Å². The van der Waals surface area contributed by atoms with Crippen molar-refractivity contribution in [3.63, 3.8) is 0 Å². The smallest absolute Gasteiger partial charge is 0.257 e. The monoisotopic (exact) mass is 359 g/mol. The summed E-state index contributed by atoms with van der Waals surface area (Å²) in [5.74, 6) is -0.299. The van der Waals surface area contributed by atoms with Gasteiger partial charge < -0.3 is 15.5 Å². The fourth-order valence-corrected chi connectivity index (χ4v) is 2.64. The normalized spacial score (nSPS) is 10.1. The number of nitrogens with zero attached hydrogens (tertiary/aromatic N) is 1. The summed E-state index contributed by atoms with van der Waals surface area (Å²) in [6.45, 7) is 1.50. The molecule has 136 valence electrons. The quantitative estimate of drug-likeness (QED) is 0.696. The van der Waals surface area contributed by atoms with E-state index in [0.29, 0.717) is 11.3 Å². The lowest BCUT2D eigenvalue weighted by Gasteiger charge is -2.16. The van der Waals surface area contributed by atoms with E-state index in [1.54, 1.807) is 31.3 Å². The Kier molecular flexibility index (Phi) is 5.52. The van der Waals surface area contributed by atoms with Crippen LogP contribution in [0.3, 0.4) is 0 Å². The molecule has 5 nitrogen and oxygen atoms in total. The maximum Gasteiger partial charge on any atom is 0.257 e. The van der Waals surface area contributed by atoms with Crippen molar-refractivity contribution in [2.75, 3.05) is 22.6 Å². The van der Waals surface area contributed by atoms with Crippen LogP contribution in [0.15, 0.2) is 78.9 Å².